The second-order valence-electron chi connectivity index (χ2n) is 4.38. The van der Waals surface area contributed by atoms with E-state index in [4.69, 9.17) is 10.5 Å². The van der Waals surface area contributed by atoms with Gasteiger partial charge in [0.2, 0.25) is 0 Å². The molecule has 2 heterocycles. The summed E-state index contributed by atoms with van der Waals surface area (Å²) in [5, 5.41) is 0.736. The van der Waals surface area contributed by atoms with E-state index in [0.29, 0.717) is 29.4 Å². The van der Waals surface area contributed by atoms with Crippen molar-refractivity contribution in [3.63, 3.8) is 0 Å². The van der Waals surface area contributed by atoms with E-state index in [1.54, 1.807) is 0 Å². The summed E-state index contributed by atoms with van der Waals surface area (Å²) in [4.78, 5) is 13.9. The van der Waals surface area contributed by atoms with Gasteiger partial charge in [0.15, 0.2) is 21.4 Å². The zero-order valence-corrected chi connectivity index (χ0v) is 12.4. The fourth-order valence-electron chi connectivity index (χ4n) is 2.00. The zero-order valence-electron chi connectivity index (χ0n) is 10.8. The molecule has 0 atom stereocenters. The molecule has 19 heavy (non-hydrogen) atoms. The van der Waals surface area contributed by atoms with Gasteiger partial charge in [0.05, 0.1) is 29.2 Å². The van der Waals surface area contributed by atoms with Gasteiger partial charge in [-0.2, -0.15) is 0 Å². The second kappa shape index (κ2) is 5.01. The minimum absolute atomic E-state index is 0.114. The maximum atomic E-state index is 11.5. The Kier molecular flexibility index (Phi) is 3.73. The number of anilines is 2. The second-order valence-corrected chi connectivity index (χ2v) is 7.68. The zero-order chi connectivity index (χ0) is 14.2. The molecule has 8 heteroatoms. The predicted octanol–water partition coefficient (Wildman–Crippen LogP) is 0.776. The topological polar surface area (TPSA) is 89.7 Å². The van der Waals surface area contributed by atoms with Crippen molar-refractivity contribution >= 4 is 37.6 Å². The third-order valence-electron chi connectivity index (χ3n) is 3.04. The standard InChI is InChI=1S/C11H16N2O4S2/c1-7(14)10-8(12)9(17-2)11(18-10)13-3-5-19(15,16)6-4-13/h3-6,12H2,1-2H3. The normalized spacial score (nSPS) is 18.3. The molecule has 1 aromatic heterocycles. The smallest absolute Gasteiger partial charge is 0.177 e. The van der Waals surface area contributed by atoms with E-state index < -0.39 is 9.84 Å². The average molecular weight is 304 g/mol. The van der Waals surface area contributed by atoms with Crippen LogP contribution in [-0.4, -0.2) is 45.9 Å². The van der Waals surface area contributed by atoms with E-state index in [9.17, 15) is 13.2 Å². The van der Waals surface area contributed by atoms with Crippen molar-refractivity contribution in [1.29, 1.82) is 0 Å². The molecule has 6 nitrogen and oxygen atoms in total. The van der Waals surface area contributed by atoms with Crippen LogP contribution in [0, 0.1) is 0 Å². The number of ether oxygens (including phenoxy) is 1. The third-order valence-corrected chi connectivity index (χ3v) is 6.00. The fourth-order valence-corrected chi connectivity index (χ4v) is 4.34. The SMILES string of the molecule is COc1c(N2CCS(=O)(=O)CC2)sc(C(C)=O)c1N. The van der Waals surface area contributed by atoms with Crippen LogP contribution in [0.4, 0.5) is 10.7 Å². The Morgan fingerprint density at radius 2 is 1.95 bits per heavy atom. The van der Waals surface area contributed by atoms with Crippen LogP contribution >= 0.6 is 11.3 Å². The first-order valence-electron chi connectivity index (χ1n) is 5.78. The predicted molar refractivity (Wildman–Crippen MR) is 76.2 cm³/mol. The van der Waals surface area contributed by atoms with Crippen LogP contribution in [0.15, 0.2) is 0 Å². The van der Waals surface area contributed by atoms with Crippen molar-refractivity contribution in [2.75, 3.05) is 42.3 Å². The van der Waals surface area contributed by atoms with Gasteiger partial charge >= 0.3 is 0 Å². The molecule has 0 bridgehead atoms. The molecule has 0 aromatic carbocycles. The van der Waals surface area contributed by atoms with Gasteiger partial charge in [-0.05, 0) is 0 Å². The Labute approximate surface area is 116 Å². The van der Waals surface area contributed by atoms with Gasteiger partial charge in [0.25, 0.3) is 0 Å². The number of carbonyl (C=O) groups excluding carboxylic acids is 1. The number of nitrogens with two attached hydrogens (primary N) is 1. The summed E-state index contributed by atoms with van der Waals surface area (Å²) < 4.78 is 28.1. The summed E-state index contributed by atoms with van der Waals surface area (Å²) in [5.41, 5.74) is 6.23. The molecule has 1 fully saturated rings. The summed E-state index contributed by atoms with van der Waals surface area (Å²) in [6.07, 6.45) is 0. The van der Waals surface area contributed by atoms with Crippen molar-refractivity contribution in [3.8, 4) is 5.75 Å². The van der Waals surface area contributed by atoms with Crippen molar-refractivity contribution < 1.29 is 17.9 Å². The van der Waals surface area contributed by atoms with Gasteiger partial charge < -0.3 is 15.4 Å². The van der Waals surface area contributed by atoms with Crippen molar-refractivity contribution in [3.05, 3.63) is 4.88 Å². The van der Waals surface area contributed by atoms with Gasteiger partial charge in [0.1, 0.15) is 5.00 Å². The van der Waals surface area contributed by atoms with Crippen molar-refractivity contribution in [1.82, 2.24) is 0 Å². The first-order chi connectivity index (χ1) is 8.85. The number of hydrogen-bond donors (Lipinski definition) is 1. The maximum Gasteiger partial charge on any atom is 0.177 e. The number of carbonyl (C=O) groups is 1. The number of hydrogen-bond acceptors (Lipinski definition) is 7. The van der Waals surface area contributed by atoms with E-state index in [-0.39, 0.29) is 17.3 Å². The molecule has 0 spiro atoms. The highest BCUT2D eigenvalue weighted by atomic mass is 32.2. The van der Waals surface area contributed by atoms with Gasteiger partial charge in [-0.15, -0.1) is 11.3 Å². The summed E-state index contributed by atoms with van der Waals surface area (Å²) in [6.45, 7) is 2.25. The molecule has 0 saturated carbocycles. The molecular weight excluding hydrogens is 288 g/mol. The molecule has 1 aromatic rings. The lowest BCUT2D eigenvalue weighted by molar-refractivity contribution is 0.102. The highest BCUT2D eigenvalue weighted by molar-refractivity contribution is 7.91. The van der Waals surface area contributed by atoms with Crippen LogP contribution in [0.5, 0.6) is 5.75 Å². The van der Waals surface area contributed by atoms with Crippen LogP contribution in [-0.2, 0) is 9.84 Å². The highest BCUT2D eigenvalue weighted by Crippen LogP contribution is 2.45. The van der Waals surface area contributed by atoms with Gasteiger partial charge in [0, 0.05) is 20.0 Å². The van der Waals surface area contributed by atoms with Crippen LogP contribution in [0.2, 0.25) is 0 Å². The number of thiophene rings is 1. The molecule has 0 amide bonds. The van der Waals surface area contributed by atoms with Gasteiger partial charge in [-0.25, -0.2) is 8.42 Å². The van der Waals surface area contributed by atoms with E-state index >= 15 is 0 Å². The van der Waals surface area contributed by atoms with Crippen LogP contribution in [0.25, 0.3) is 0 Å². The highest BCUT2D eigenvalue weighted by Gasteiger charge is 2.28. The number of Topliss-reactive ketones (excluding diaryl/α,β-unsaturated/α-hetero) is 1. The lowest BCUT2D eigenvalue weighted by Crippen LogP contribution is -2.40. The largest absolute Gasteiger partial charge is 0.492 e. The maximum absolute atomic E-state index is 11.5. The molecule has 1 saturated heterocycles. The Bertz CT molecular complexity index is 592. The van der Waals surface area contributed by atoms with Crippen LogP contribution < -0.4 is 15.4 Å². The molecule has 0 aliphatic carbocycles. The Morgan fingerprint density at radius 3 is 2.42 bits per heavy atom. The van der Waals surface area contributed by atoms with Gasteiger partial charge in [-0.1, -0.05) is 0 Å². The average Bonchev–Trinajstić information content (AvgIpc) is 2.66. The fraction of sp³-hybridized carbons (Fsp3) is 0.545. The lowest BCUT2D eigenvalue weighted by atomic mass is 10.3. The summed E-state index contributed by atoms with van der Waals surface area (Å²) in [7, 11) is -1.45. The minimum atomic E-state index is -2.94. The van der Waals surface area contributed by atoms with Crippen LogP contribution in [0.3, 0.4) is 0 Å². The third kappa shape index (κ3) is 2.69. The molecule has 2 N–H and O–H groups in total. The quantitative estimate of drug-likeness (QED) is 0.830. The van der Waals surface area contributed by atoms with Crippen molar-refractivity contribution in [2.24, 2.45) is 0 Å². The van der Waals surface area contributed by atoms with E-state index in [0.717, 1.165) is 5.00 Å². The number of sulfone groups is 1. The van der Waals surface area contributed by atoms with E-state index in [1.165, 1.54) is 25.4 Å². The first kappa shape index (κ1) is 14.1. The molecule has 1 aliphatic heterocycles. The number of rotatable bonds is 3. The summed E-state index contributed by atoms with van der Waals surface area (Å²) >= 11 is 1.26. The van der Waals surface area contributed by atoms with Gasteiger partial charge in [-0.3, -0.25) is 4.79 Å². The number of methoxy groups -OCH3 is 1. The number of nitrogens with zero attached hydrogens (tertiary/aromatic N) is 1. The first-order valence-corrected chi connectivity index (χ1v) is 8.42. The van der Waals surface area contributed by atoms with Crippen molar-refractivity contribution in [2.45, 2.75) is 6.92 Å². The molecule has 1 aliphatic rings. The van der Waals surface area contributed by atoms with E-state index in [2.05, 4.69) is 0 Å². The molecule has 0 unspecified atom stereocenters. The van der Waals surface area contributed by atoms with E-state index in [1.807, 2.05) is 4.90 Å². The molecule has 106 valence electrons. The molecule has 2 rings (SSSR count). The Balaban J connectivity index is 2.35. The molecular formula is C11H16N2O4S2. The summed E-state index contributed by atoms with van der Waals surface area (Å²) in [5.74, 6) is 0.582. The molecule has 0 radical (unpaired) electrons. The lowest BCUT2D eigenvalue weighted by Gasteiger charge is -2.27. The number of nitrogen functional groups attached to an aromatic ring is 1. The monoisotopic (exact) mass is 304 g/mol. The van der Waals surface area contributed by atoms with Crippen LogP contribution in [0.1, 0.15) is 16.6 Å². The summed E-state index contributed by atoms with van der Waals surface area (Å²) in [6, 6.07) is 0. The Hall–Kier alpha value is -1.28. The minimum Gasteiger partial charge on any atom is -0.492 e. The number of ketones is 1. The Morgan fingerprint density at radius 1 is 1.37 bits per heavy atom.